The summed E-state index contributed by atoms with van der Waals surface area (Å²) >= 11 is 1.74. The number of ether oxygens (including phenoxy) is 2. The van der Waals surface area contributed by atoms with Crippen molar-refractivity contribution in [1.82, 2.24) is 9.88 Å². The highest BCUT2D eigenvalue weighted by atomic mass is 32.1. The monoisotopic (exact) mass is 296 g/mol. The number of hydrogen-bond acceptors (Lipinski definition) is 6. The van der Waals surface area contributed by atoms with E-state index in [9.17, 15) is 4.79 Å². The Kier molecular flexibility index (Phi) is 3.56. The molecule has 0 spiro atoms. The fourth-order valence-corrected chi connectivity index (χ4v) is 4.23. The summed E-state index contributed by atoms with van der Waals surface area (Å²) in [5.41, 5.74) is 0.645. The molecule has 0 bridgehead atoms. The molecule has 110 valence electrons. The van der Waals surface area contributed by atoms with E-state index in [1.54, 1.807) is 11.3 Å². The van der Waals surface area contributed by atoms with Gasteiger partial charge >= 0.3 is 5.97 Å². The van der Waals surface area contributed by atoms with Crippen LogP contribution in [0, 0.1) is 25.2 Å². The fraction of sp³-hybridized carbons (Fsp3) is 0.714. The number of methoxy groups -OCH3 is 1. The van der Waals surface area contributed by atoms with Gasteiger partial charge in [0.05, 0.1) is 32.6 Å². The van der Waals surface area contributed by atoms with Crippen LogP contribution < -0.4 is 0 Å². The zero-order chi connectivity index (χ0) is 14.3. The van der Waals surface area contributed by atoms with Gasteiger partial charge in [0.25, 0.3) is 0 Å². The Bertz CT molecular complexity index is 511. The van der Waals surface area contributed by atoms with E-state index in [-0.39, 0.29) is 11.9 Å². The number of aromatic nitrogens is 1. The van der Waals surface area contributed by atoms with Crippen molar-refractivity contribution in [2.75, 3.05) is 33.4 Å². The summed E-state index contributed by atoms with van der Waals surface area (Å²) in [4.78, 5) is 20.3. The Labute approximate surface area is 122 Å². The number of thiazole rings is 1. The van der Waals surface area contributed by atoms with Crippen molar-refractivity contribution in [2.45, 2.75) is 20.4 Å². The number of nitrogens with zero attached hydrogens (tertiary/aromatic N) is 2. The molecular weight excluding hydrogens is 276 g/mol. The Morgan fingerprint density at radius 3 is 3.05 bits per heavy atom. The predicted molar refractivity (Wildman–Crippen MR) is 75.6 cm³/mol. The SMILES string of the molecule is COC(=O)[C@@]12COC[C@@H]1CN(Cc1nc(C)c(C)s1)C2. The number of esters is 1. The lowest BCUT2D eigenvalue weighted by Crippen LogP contribution is -2.40. The van der Waals surface area contributed by atoms with Crippen molar-refractivity contribution >= 4 is 17.3 Å². The Hall–Kier alpha value is -0.980. The first-order valence-corrected chi connectivity index (χ1v) is 7.68. The third-order valence-electron chi connectivity index (χ3n) is 4.47. The molecular formula is C14H20N2O3S. The van der Waals surface area contributed by atoms with Crippen LogP contribution in [0.3, 0.4) is 0 Å². The number of fused-ring (bicyclic) bond motifs is 1. The normalized spacial score (nSPS) is 29.6. The quantitative estimate of drug-likeness (QED) is 0.789. The van der Waals surface area contributed by atoms with Gasteiger partial charge in [0, 0.05) is 23.9 Å². The molecule has 0 amide bonds. The highest BCUT2D eigenvalue weighted by Crippen LogP contribution is 2.42. The lowest BCUT2D eigenvalue weighted by atomic mass is 9.81. The third-order valence-corrected chi connectivity index (χ3v) is 5.53. The molecule has 0 aliphatic carbocycles. The largest absolute Gasteiger partial charge is 0.468 e. The average Bonchev–Trinajstić information content (AvgIpc) is 3.03. The smallest absolute Gasteiger partial charge is 0.315 e. The van der Waals surface area contributed by atoms with E-state index in [4.69, 9.17) is 9.47 Å². The molecule has 0 N–H and O–H groups in total. The van der Waals surface area contributed by atoms with Crippen LogP contribution in [0.5, 0.6) is 0 Å². The van der Waals surface area contributed by atoms with Crippen molar-refractivity contribution in [3.8, 4) is 0 Å². The molecule has 0 unspecified atom stereocenters. The van der Waals surface area contributed by atoms with E-state index in [0.29, 0.717) is 19.8 Å². The van der Waals surface area contributed by atoms with Crippen LogP contribution in [-0.2, 0) is 20.8 Å². The summed E-state index contributed by atoms with van der Waals surface area (Å²) in [7, 11) is 1.46. The standard InChI is InChI=1S/C14H20N2O3S/c1-9-10(2)20-12(15-9)5-16-4-11-6-19-8-14(11,7-16)13(17)18-3/h11H,4-8H2,1-3H3/t11-,14-/m0/s1. The van der Waals surface area contributed by atoms with Crippen LogP contribution in [0.1, 0.15) is 15.6 Å². The van der Waals surface area contributed by atoms with Crippen molar-refractivity contribution in [2.24, 2.45) is 11.3 Å². The zero-order valence-electron chi connectivity index (χ0n) is 12.1. The Morgan fingerprint density at radius 1 is 1.60 bits per heavy atom. The lowest BCUT2D eigenvalue weighted by Gasteiger charge is -2.23. The van der Waals surface area contributed by atoms with Gasteiger partial charge in [0.15, 0.2) is 0 Å². The summed E-state index contributed by atoms with van der Waals surface area (Å²) in [5, 5.41) is 1.13. The lowest BCUT2D eigenvalue weighted by molar-refractivity contribution is -0.153. The minimum absolute atomic E-state index is 0.131. The van der Waals surface area contributed by atoms with Crippen LogP contribution in [-0.4, -0.2) is 49.3 Å². The Balaban J connectivity index is 1.74. The van der Waals surface area contributed by atoms with Gasteiger partial charge in [-0.3, -0.25) is 9.69 Å². The summed E-state index contributed by atoms with van der Waals surface area (Å²) in [6.45, 7) is 7.68. The molecule has 5 nitrogen and oxygen atoms in total. The number of rotatable bonds is 3. The first-order chi connectivity index (χ1) is 9.55. The van der Waals surface area contributed by atoms with E-state index in [1.807, 2.05) is 6.92 Å². The second-order valence-corrected chi connectivity index (χ2v) is 7.07. The fourth-order valence-electron chi connectivity index (χ4n) is 3.25. The molecule has 2 atom stereocenters. The molecule has 2 fully saturated rings. The Morgan fingerprint density at radius 2 is 2.40 bits per heavy atom. The summed E-state index contributed by atoms with van der Waals surface area (Å²) in [5.74, 6) is 0.117. The highest BCUT2D eigenvalue weighted by Gasteiger charge is 2.56. The third kappa shape index (κ3) is 2.16. The summed E-state index contributed by atoms with van der Waals surface area (Å²) < 4.78 is 10.5. The number of carbonyl (C=O) groups excluding carboxylic acids is 1. The molecule has 0 radical (unpaired) electrons. The maximum Gasteiger partial charge on any atom is 0.315 e. The number of carbonyl (C=O) groups is 1. The van der Waals surface area contributed by atoms with Crippen LogP contribution >= 0.6 is 11.3 Å². The maximum atomic E-state index is 12.1. The first kappa shape index (κ1) is 14.0. The van der Waals surface area contributed by atoms with Crippen molar-refractivity contribution in [1.29, 1.82) is 0 Å². The molecule has 3 rings (SSSR count). The first-order valence-electron chi connectivity index (χ1n) is 6.86. The van der Waals surface area contributed by atoms with E-state index >= 15 is 0 Å². The molecule has 2 aliphatic rings. The number of hydrogen-bond donors (Lipinski definition) is 0. The van der Waals surface area contributed by atoms with Gasteiger partial charge in [-0.15, -0.1) is 11.3 Å². The van der Waals surface area contributed by atoms with Gasteiger partial charge in [0.1, 0.15) is 10.4 Å². The molecule has 1 aromatic rings. The summed E-state index contributed by atoms with van der Waals surface area (Å²) in [6, 6.07) is 0. The second kappa shape index (κ2) is 5.09. The van der Waals surface area contributed by atoms with Gasteiger partial charge < -0.3 is 9.47 Å². The van der Waals surface area contributed by atoms with Gasteiger partial charge in [0.2, 0.25) is 0 Å². The average molecular weight is 296 g/mol. The number of likely N-dealkylation sites (tertiary alicyclic amines) is 1. The molecule has 3 heterocycles. The topological polar surface area (TPSA) is 51.7 Å². The van der Waals surface area contributed by atoms with Crippen LogP contribution in [0.4, 0.5) is 0 Å². The second-order valence-electron chi connectivity index (χ2n) is 5.78. The predicted octanol–water partition coefficient (Wildman–Crippen LogP) is 1.38. The molecule has 0 saturated carbocycles. The van der Waals surface area contributed by atoms with Crippen molar-refractivity contribution in [3.05, 3.63) is 15.6 Å². The van der Waals surface area contributed by atoms with Gasteiger partial charge in [-0.1, -0.05) is 0 Å². The van der Waals surface area contributed by atoms with E-state index < -0.39 is 5.41 Å². The minimum Gasteiger partial charge on any atom is -0.468 e. The zero-order valence-corrected chi connectivity index (χ0v) is 13.0. The van der Waals surface area contributed by atoms with E-state index in [0.717, 1.165) is 23.8 Å². The molecule has 20 heavy (non-hydrogen) atoms. The molecule has 2 aliphatic heterocycles. The maximum absolute atomic E-state index is 12.1. The molecule has 1 aromatic heterocycles. The molecule has 0 aromatic carbocycles. The van der Waals surface area contributed by atoms with Crippen LogP contribution in [0.2, 0.25) is 0 Å². The van der Waals surface area contributed by atoms with E-state index in [2.05, 4.69) is 16.8 Å². The molecule has 2 saturated heterocycles. The van der Waals surface area contributed by atoms with Crippen molar-refractivity contribution < 1.29 is 14.3 Å². The number of aryl methyl sites for hydroxylation is 2. The summed E-state index contributed by atoms with van der Waals surface area (Å²) in [6.07, 6.45) is 0. The highest BCUT2D eigenvalue weighted by molar-refractivity contribution is 7.11. The van der Waals surface area contributed by atoms with Gasteiger partial charge in [-0.25, -0.2) is 4.98 Å². The van der Waals surface area contributed by atoms with Gasteiger partial charge in [-0.2, -0.15) is 0 Å². The minimum atomic E-state index is -0.462. The molecule has 6 heteroatoms. The van der Waals surface area contributed by atoms with E-state index in [1.165, 1.54) is 12.0 Å². The van der Waals surface area contributed by atoms with Crippen molar-refractivity contribution in [3.63, 3.8) is 0 Å². The van der Waals surface area contributed by atoms with Crippen LogP contribution in [0.25, 0.3) is 0 Å². The van der Waals surface area contributed by atoms with Crippen LogP contribution in [0.15, 0.2) is 0 Å². The van der Waals surface area contributed by atoms with Gasteiger partial charge in [-0.05, 0) is 13.8 Å².